The van der Waals surface area contributed by atoms with E-state index in [0.29, 0.717) is 0 Å². The first kappa shape index (κ1) is 15.6. The van der Waals surface area contributed by atoms with Gasteiger partial charge in [-0.3, -0.25) is 4.79 Å². The van der Waals surface area contributed by atoms with Crippen LogP contribution in [0, 0.1) is 5.41 Å². The van der Waals surface area contributed by atoms with Gasteiger partial charge in [-0.2, -0.15) is 0 Å². The number of carbonyl (C=O) groups is 1. The fourth-order valence-electron chi connectivity index (χ4n) is 1.97. The van der Waals surface area contributed by atoms with Gasteiger partial charge in [-0.25, -0.2) is 0 Å². The first-order valence-corrected chi connectivity index (χ1v) is 6.22. The zero-order valence-electron chi connectivity index (χ0n) is 11.2. The highest BCUT2D eigenvalue weighted by Gasteiger charge is 2.44. The van der Waals surface area contributed by atoms with Crippen LogP contribution in [0.1, 0.15) is 6.92 Å². The van der Waals surface area contributed by atoms with Gasteiger partial charge in [0.1, 0.15) is 0 Å². The van der Waals surface area contributed by atoms with Crippen molar-refractivity contribution in [2.45, 2.75) is 19.3 Å². The van der Waals surface area contributed by atoms with E-state index in [0.717, 1.165) is 6.07 Å². The second-order valence-corrected chi connectivity index (χ2v) is 5.04. The van der Waals surface area contributed by atoms with Gasteiger partial charge in [0.05, 0.1) is 24.3 Å². The molecule has 1 fully saturated rings. The summed E-state index contributed by atoms with van der Waals surface area (Å²) in [4.78, 5) is 12.3. The van der Waals surface area contributed by atoms with E-state index in [9.17, 15) is 18.0 Å². The molecule has 3 N–H and O–H groups in total. The number of amides is 1. The lowest BCUT2D eigenvalue weighted by atomic mass is 9.85. The number of hydrogen-bond donors (Lipinski definition) is 2. The number of para-hydroxylation sites is 2. The van der Waals surface area contributed by atoms with E-state index >= 15 is 0 Å². The number of halogens is 3. The van der Waals surface area contributed by atoms with Crippen molar-refractivity contribution in [2.75, 3.05) is 18.5 Å². The van der Waals surface area contributed by atoms with Crippen molar-refractivity contribution in [3.8, 4) is 5.75 Å². The van der Waals surface area contributed by atoms with Crippen molar-refractivity contribution in [3.63, 3.8) is 0 Å². The monoisotopic (exact) mass is 304 g/mol. The highest BCUT2D eigenvalue weighted by molar-refractivity contribution is 5.97. The Labute approximate surface area is 119 Å². The third-order valence-electron chi connectivity index (χ3n) is 3.40. The van der Waals surface area contributed by atoms with Crippen molar-refractivity contribution >= 4 is 11.6 Å². The van der Waals surface area contributed by atoms with Crippen LogP contribution in [-0.4, -0.2) is 31.5 Å². The predicted molar refractivity (Wildman–Crippen MR) is 68.7 cm³/mol. The zero-order chi connectivity index (χ0) is 15.7. The van der Waals surface area contributed by atoms with Crippen molar-refractivity contribution in [2.24, 2.45) is 11.1 Å². The Bertz CT molecular complexity index is 536. The summed E-state index contributed by atoms with van der Waals surface area (Å²) in [6.45, 7) is 1.94. The molecule has 1 aliphatic rings. The van der Waals surface area contributed by atoms with Crippen LogP contribution in [0.15, 0.2) is 24.3 Å². The van der Waals surface area contributed by atoms with Gasteiger partial charge in [0.25, 0.3) is 0 Å². The number of rotatable bonds is 3. The maximum absolute atomic E-state index is 12.3. The number of nitrogens with one attached hydrogen (secondary N) is 1. The summed E-state index contributed by atoms with van der Waals surface area (Å²) in [5.41, 5.74) is 4.75. The fourth-order valence-corrected chi connectivity index (χ4v) is 1.97. The average molecular weight is 304 g/mol. The highest BCUT2D eigenvalue weighted by Crippen LogP contribution is 2.33. The topological polar surface area (TPSA) is 73.6 Å². The van der Waals surface area contributed by atoms with Crippen LogP contribution in [0.25, 0.3) is 0 Å². The molecular formula is C13H15F3N2O3. The SMILES string of the molecule is CC1(C(=O)Nc2ccccc2OC(F)(F)F)COCC1N. The summed E-state index contributed by atoms with van der Waals surface area (Å²) >= 11 is 0. The van der Waals surface area contributed by atoms with Gasteiger partial charge in [-0.1, -0.05) is 12.1 Å². The molecule has 5 nitrogen and oxygen atoms in total. The molecule has 0 saturated carbocycles. The summed E-state index contributed by atoms with van der Waals surface area (Å²) in [6, 6.07) is 4.79. The number of carbonyl (C=O) groups excluding carboxylic acids is 1. The van der Waals surface area contributed by atoms with Gasteiger partial charge in [0, 0.05) is 6.04 Å². The largest absolute Gasteiger partial charge is 0.573 e. The Hall–Kier alpha value is -1.80. The normalized spacial score (nSPS) is 25.7. The lowest BCUT2D eigenvalue weighted by Gasteiger charge is -2.26. The molecule has 2 rings (SSSR count). The molecule has 1 saturated heterocycles. The molecule has 1 amide bonds. The molecule has 116 valence electrons. The van der Waals surface area contributed by atoms with Crippen LogP contribution in [-0.2, 0) is 9.53 Å². The molecule has 0 spiro atoms. The molecule has 0 aliphatic carbocycles. The minimum Gasteiger partial charge on any atom is -0.404 e. The fraction of sp³-hybridized carbons (Fsp3) is 0.462. The van der Waals surface area contributed by atoms with E-state index in [4.69, 9.17) is 10.5 Å². The summed E-state index contributed by atoms with van der Waals surface area (Å²) < 4.78 is 46.0. The van der Waals surface area contributed by atoms with Gasteiger partial charge >= 0.3 is 6.36 Å². The van der Waals surface area contributed by atoms with Crippen LogP contribution < -0.4 is 15.8 Å². The number of ether oxygens (including phenoxy) is 2. The molecule has 8 heteroatoms. The Balaban J connectivity index is 2.18. The Morgan fingerprint density at radius 2 is 2.14 bits per heavy atom. The third kappa shape index (κ3) is 3.45. The Morgan fingerprint density at radius 1 is 1.48 bits per heavy atom. The lowest BCUT2D eigenvalue weighted by molar-refractivity contribution is -0.274. The zero-order valence-corrected chi connectivity index (χ0v) is 11.2. The number of benzene rings is 1. The van der Waals surface area contributed by atoms with Gasteiger partial charge in [-0.15, -0.1) is 13.2 Å². The molecule has 1 aromatic carbocycles. The van der Waals surface area contributed by atoms with Crippen molar-refractivity contribution in [1.82, 2.24) is 0 Å². The van der Waals surface area contributed by atoms with Gasteiger partial charge in [0.15, 0.2) is 5.75 Å². The van der Waals surface area contributed by atoms with Crippen molar-refractivity contribution in [1.29, 1.82) is 0 Å². The van der Waals surface area contributed by atoms with E-state index < -0.39 is 29.5 Å². The first-order chi connectivity index (χ1) is 9.72. The molecule has 0 aromatic heterocycles. The van der Waals surface area contributed by atoms with E-state index in [1.165, 1.54) is 18.2 Å². The molecule has 0 radical (unpaired) electrons. The van der Waals surface area contributed by atoms with Crippen molar-refractivity contribution in [3.05, 3.63) is 24.3 Å². The summed E-state index contributed by atoms with van der Waals surface area (Å²) in [5.74, 6) is -0.986. The number of nitrogens with two attached hydrogens (primary N) is 1. The lowest BCUT2D eigenvalue weighted by Crippen LogP contribution is -2.47. The maximum Gasteiger partial charge on any atom is 0.573 e. The molecule has 1 aromatic rings. The summed E-state index contributed by atoms with van der Waals surface area (Å²) in [7, 11) is 0. The van der Waals surface area contributed by atoms with Crippen LogP contribution in [0.4, 0.5) is 18.9 Å². The molecule has 2 atom stereocenters. The van der Waals surface area contributed by atoms with Crippen molar-refractivity contribution < 1.29 is 27.4 Å². The van der Waals surface area contributed by atoms with E-state index in [-0.39, 0.29) is 18.9 Å². The van der Waals surface area contributed by atoms with E-state index in [1.54, 1.807) is 6.92 Å². The number of anilines is 1. The first-order valence-electron chi connectivity index (χ1n) is 6.22. The standard InChI is InChI=1S/C13H15F3N2O3/c1-12(7-20-6-10(12)17)11(19)18-8-4-2-3-5-9(8)21-13(14,15)16/h2-5,10H,6-7,17H2,1H3,(H,18,19). The Morgan fingerprint density at radius 3 is 2.71 bits per heavy atom. The molecule has 0 bridgehead atoms. The smallest absolute Gasteiger partial charge is 0.404 e. The van der Waals surface area contributed by atoms with Crippen LogP contribution in [0.5, 0.6) is 5.75 Å². The third-order valence-corrected chi connectivity index (χ3v) is 3.40. The molecule has 21 heavy (non-hydrogen) atoms. The minimum atomic E-state index is -4.84. The maximum atomic E-state index is 12.3. The molecule has 1 aliphatic heterocycles. The van der Waals surface area contributed by atoms with Gasteiger partial charge < -0.3 is 20.5 Å². The number of alkyl halides is 3. The second-order valence-electron chi connectivity index (χ2n) is 5.04. The number of hydrogen-bond acceptors (Lipinski definition) is 4. The quantitative estimate of drug-likeness (QED) is 0.894. The second kappa shape index (κ2) is 5.53. The average Bonchev–Trinajstić information content (AvgIpc) is 2.71. The van der Waals surface area contributed by atoms with Crippen LogP contribution in [0.2, 0.25) is 0 Å². The Kier molecular flexibility index (Phi) is 4.11. The van der Waals surface area contributed by atoms with Gasteiger partial charge in [-0.05, 0) is 19.1 Å². The van der Waals surface area contributed by atoms with E-state index in [1.807, 2.05) is 0 Å². The predicted octanol–water partition coefficient (Wildman–Crippen LogP) is 1.89. The molecule has 2 unspecified atom stereocenters. The summed E-state index contributed by atoms with van der Waals surface area (Å²) in [6.07, 6.45) is -4.84. The highest BCUT2D eigenvalue weighted by atomic mass is 19.4. The van der Waals surface area contributed by atoms with Crippen LogP contribution >= 0.6 is 0 Å². The van der Waals surface area contributed by atoms with Crippen LogP contribution in [0.3, 0.4) is 0 Å². The molecular weight excluding hydrogens is 289 g/mol. The molecule has 1 heterocycles. The summed E-state index contributed by atoms with van der Waals surface area (Å²) in [5, 5.41) is 2.42. The van der Waals surface area contributed by atoms with E-state index in [2.05, 4.69) is 10.1 Å². The minimum absolute atomic E-state index is 0.0693. The van der Waals surface area contributed by atoms with Gasteiger partial charge in [0.2, 0.25) is 5.91 Å².